The van der Waals surface area contributed by atoms with Gasteiger partial charge in [0.1, 0.15) is 5.75 Å². The molecule has 0 unspecified atom stereocenters. The van der Waals surface area contributed by atoms with E-state index in [1.165, 1.54) is 10.1 Å². The molecule has 2 N–H and O–H groups in total. The SMILES string of the molecule is COc1ccc(C(N)=O)cc1-c1cccc2ccsc12. The predicted octanol–water partition coefficient (Wildman–Crippen LogP) is 3.68. The lowest BCUT2D eigenvalue weighted by Gasteiger charge is -2.11. The number of benzene rings is 2. The highest BCUT2D eigenvalue weighted by molar-refractivity contribution is 7.17. The monoisotopic (exact) mass is 283 g/mol. The highest BCUT2D eigenvalue weighted by Gasteiger charge is 2.12. The minimum Gasteiger partial charge on any atom is -0.496 e. The Hall–Kier alpha value is -2.33. The molecule has 0 atom stereocenters. The molecule has 1 aromatic heterocycles. The molecule has 0 fully saturated rings. The van der Waals surface area contributed by atoms with Crippen LogP contribution in [-0.4, -0.2) is 13.0 Å². The molecule has 4 heteroatoms. The standard InChI is InChI=1S/C16H13NO2S/c1-19-14-6-5-11(16(17)18)9-13(14)12-4-2-3-10-7-8-20-15(10)12/h2-9H,1H3,(H2,17,18). The van der Waals surface area contributed by atoms with Crippen molar-refractivity contribution >= 4 is 27.3 Å². The number of hydrogen-bond acceptors (Lipinski definition) is 3. The fourth-order valence-corrected chi connectivity index (χ4v) is 3.20. The number of fused-ring (bicyclic) bond motifs is 1. The van der Waals surface area contributed by atoms with Crippen molar-refractivity contribution in [2.24, 2.45) is 5.73 Å². The molecule has 100 valence electrons. The van der Waals surface area contributed by atoms with E-state index in [1.807, 2.05) is 12.1 Å². The van der Waals surface area contributed by atoms with E-state index in [0.29, 0.717) is 5.56 Å². The molecule has 0 aliphatic rings. The van der Waals surface area contributed by atoms with Crippen LogP contribution in [0.5, 0.6) is 5.75 Å². The van der Waals surface area contributed by atoms with E-state index in [0.717, 1.165) is 16.9 Å². The number of hydrogen-bond donors (Lipinski definition) is 1. The van der Waals surface area contributed by atoms with E-state index in [9.17, 15) is 4.79 Å². The van der Waals surface area contributed by atoms with Gasteiger partial charge < -0.3 is 10.5 Å². The largest absolute Gasteiger partial charge is 0.496 e. The van der Waals surface area contributed by atoms with Crippen LogP contribution in [0.2, 0.25) is 0 Å². The van der Waals surface area contributed by atoms with Crippen LogP contribution >= 0.6 is 11.3 Å². The lowest BCUT2D eigenvalue weighted by molar-refractivity contribution is 0.100. The summed E-state index contributed by atoms with van der Waals surface area (Å²) in [4.78, 5) is 11.4. The maximum absolute atomic E-state index is 11.4. The molecule has 0 saturated heterocycles. The summed E-state index contributed by atoms with van der Waals surface area (Å²) in [6.07, 6.45) is 0. The summed E-state index contributed by atoms with van der Waals surface area (Å²) in [6.45, 7) is 0. The number of thiophene rings is 1. The normalized spacial score (nSPS) is 10.7. The quantitative estimate of drug-likeness (QED) is 0.797. The molecule has 1 heterocycles. The van der Waals surface area contributed by atoms with Gasteiger partial charge >= 0.3 is 0 Å². The zero-order valence-electron chi connectivity index (χ0n) is 10.9. The van der Waals surface area contributed by atoms with Crippen LogP contribution in [0.4, 0.5) is 0 Å². The summed E-state index contributed by atoms with van der Waals surface area (Å²) >= 11 is 1.67. The van der Waals surface area contributed by atoms with Crippen molar-refractivity contribution in [2.45, 2.75) is 0 Å². The molecule has 0 bridgehead atoms. The summed E-state index contributed by atoms with van der Waals surface area (Å²) < 4.78 is 6.59. The zero-order chi connectivity index (χ0) is 14.1. The van der Waals surface area contributed by atoms with Gasteiger partial charge in [-0.1, -0.05) is 18.2 Å². The van der Waals surface area contributed by atoms with Crippen LogP contribution in [0.3, 0.4) is 0 Å². The fraction of sp³-hybridized carbons (Fsp3) is 0.0625. The summed E-state index contributed by atoms with van der Waals surface area (Å²) in [5.74, 6) is 0.295. The Labute approximate surface area is 120 Å². The zero-order valence-corrected chi connectivity index (χ0v) is 11.7. The Morgan fingerprint density at radius 2 is 2.00 bits per heavy atom. The third kappa shape index (κ3) is 2.04. The second-order valence-corrected chi connectivity index (χ2v) is 5.34. The fourth-order valence-electron chi connectivity index (χ4n) is 2.28. The average Bonchev–Trinajstić information content (AvgIpc) is 2.94. The van der Waals surface area contributed by atoms with Crippen molar-refractivity contribution in [3.8, 4) is 16.9 Å². The van der Waals surface area contributed by atoms with Gasteiger partial charge in [-0.3, -0.25) is 4.79 Å². The average molecular weight is 283 g/mol. The summed E-state index contributed by atoms with van der Waals surface area (Å²) in [5, 5.41) is 3.23. The van der Waals surface area contributed by atoms with E-state index in [-0.39, 0.29) is 0 Å². The van der Waals surface area contributed by atoms with Gasteiger partial charge in [0.05, 0.1) is 7.11 Å². The first kappa shape index (κ1) is 12.7. The van der Waals surface area contributed by atoms with Gasteiger partial charge in [0, 0.05) is 21.4 Å². The smallest absolute Gasteiger partial charge is 0.248 e. The molecular weight excluding hydrogens is 270 g/mol. The van der Waals surface area contributed by atoms with Gasteiger partial charge in [0.25, 0.3) is 0 Å². The molecule has 3 aromatic rings. The van der Waals surface area contributed by atoms with Crippen molar-refractivity contribution in [1.82, 2.24) is 0 Å². The van der Waals surface area contributed by atoms with E-state index in [1.54, 1.807) is 36.6 Å². The molecule has 0 spiro atoms. The number of nitrogens with two attached hydrogens (primary N) is 1. The minimum atomic E-state index is -0.438. The summed E-state index contributed by atoms with van der Waals surface area (Å²) in [6, 6.07) is 13.4. The Bertz CT molecular complexity index is 792. The van der Waals surface area contributed by atoms with Crippen LogP contribution in [0.1, 0.15) is 10.4 Å². The van der Waals surface area contributed by atoms with Crippen LogP contribution < -0.4 is 10.5 Å². The van der Waals surface area contributed by atoms with Crippen molar-refractivity contribution in [3.63, 3.8) is 0 Å². The molecule has 20 heavy (non-hydrogen) atoms. The van der Waals surface area contributed by atoms with Crippen molar-refractivity contribution in [1.29, 1.82) is 0 Å². The van der Waals surface area contributed by atoms with Crippen molar-refractivity contribution < 1.29 is 9.53 Å². The number of carbonyl (C=O) groups excluding carboxylic acids is 1. The Morgan fingerprint density at radius 3 is 2.75 bits per heavy atom. The third-order valence-corrected chi connectivity index (χ3v) is 4.22. The first-order valence-electron chi connectivity index (χ1n) is 6.15. The Balaban J connectivity index is 2.29. The topological polar surface area (TPSA) is 52.3 Å². The predicted molar refractivity (Wildman–Crippen MR) is 82.3 cm³/mol. The Kier molecular flexibility index (Phi) is 3.16. The highest BCUT2D eigenvalue weighted by atomic mass is 32.1. The molecule has 0 aliphatic carbocycles. The molecule has 3 nitrogen and oxygen atoms in total. The van der Waals surface area contributed by atoms with Gasteiger partial charge in [-0.25, -0.2) is 0 Å². The molecule has 0 aliphatic heterocycles. The molecule has 0 saturated carbocycles. The van der Waals surface area contributed by atoms with Gasteiger partial charge in [-0.2, -0.15) is 0 Å². The summed E-state index contributed by atoms with van der Waals surface area (Å²) in [5.41, 5.74) is 7.79. The lowest BCUT2D eigenvalue weighted by atomic mass is 10.0. The molecule has 3 rings (SSSR count). The minimum absolute atomic E-state index is 0.438. The molecular formula is C16H13NO2S. The van der Waals surface area contributed by atoms with Gasteiger partial charge in [0.15, 0.2) is 0 Å². The number of amides is 1. The molecule has 2 aromatic carbocycles. The van der Waals surface area contributed by atoms with E-state index in [4.69, 9.17) is 10.5 Å². The van der Waals surface area contributed by atoms with Crippen LogP contribution in [0.15, 0.2) is 47.8 Å². The number of ether oxygens (including phenoxy) is 1. The van der Waals surface area contributed by atoms with Gasteiger partial charge in [-0.05, 0) is 35.0 Å². The Morgan fingerprint density at radius 1 is 1.15 bits per heavy atom. The second-order valence-electron chi connectivity index (χ2n) is 4.42. The number of rotatable bonds is 3. The summed E-state index contributed by atoms with van der Waals surface area (Å²) in [7, 11) is 1.62. The van der Waals surface area contributed by atoms with Crippen LogP contribution in [-0.2, 0) is 0 Å². The second kappa shape index (κ2) is 4.98. The number of carbonyl (C=O) groups is 1. The first-order chi connectivity index (χ1) is 9.70. The maximum atomic E-state index is 11.4. The number of primary amides is 1. The van der Waals surface area contributed by atoms with Crippen molar-refractivity contribution in [3.05, 3.63) is 53.4 Å². The van der Waals surface area contributed by atoms with E-state index < -0.39 is 5.91 Å². The maximum Gasteiger partial charge on any atom is 0.248 e. The van der Waals surface area contributed by atoms with E-state index >= 15 is 0 Å². The van der Waals surface area contributed by atoms with Gasteiger partial charge in [0.2, 0.25) is 5.91 Å². The molecule has 1 amide bonds. The van der Waals surface area contributed by atoms with Gasteiger partial charge in [-0.15, -0.1) is 11.3 Å². The highest BCUT2D eigenvalue weighted by Crippen LogP contribution is 2.37. The van der Waals surface area contributed by atoms with E-state index in [2.05, 4.69) is 17.5 Å². The first-order valence-corrected chi connectivity index (χ1v) is 7.03. The van der Waals surface area contributed by atoms with Crippen molar-refractivity contribution in [2.75, 3.05) is 7.11 Å². The third-order valence-electron chi connectivity index (χ3n) is 3.25. The number of methoxy groups -OCH3 is 1. The van der Waals surface area contributed by atoms with Crippen LogP contribution in [0.25, 0.3) is 21.2 Å². The van der Waals surface area contributed by atoms with Crippen LogP contribution in [0, 0.1) is 0 Å². The lowest BCUT2D eigenvalue weighted by Crippen LogP contribution is -2.10. The molecule has 0 radical (unpaired) electrons.